The minimum absolute atomic E-state index is 0.180. The lowest BCUT2D eigenvalue weighted by atomic mass is 9.83. The average Bonchev–Trinajstić information content (AvgIpc) is 2.94. The molecule has 3 rings (SSSR count). The summed E-state index contributed by atoms with van der Waals surface area (Å²) in [6.07, 6.45) is 0.685. The number of hydrogen-bond donors (Lipinski definition) is 1. The zero-order chi connectivity index (χ0) is 14.9. The van der Waals surface area contributed by atoms with Gasteiger partial charge in [-0.15, -0.1) is 0 Å². The Morgan fingerprint density at radius 3 is 2.38 bits per heavy atom. The Morgan fingerprint density at radius 1 is 1.14 bits per heavy atom. The largest absolute Gasteiger partial charge is 0.385 e. The zero-order valence-electron chi connectivity index (χ0n) is 11.6. The van der Waals surface area contributed by atoms with E-state index in [0.717, 1.165) is 6.54 Å². The number of likely N-dealkylation sites (tertiary alicyclic amines) is 1. The van der Waals surface area contributed by atoms with Gasteiger partial charge in [-0.05, 0) is 47.4 Å². The average molecular weight is 309 g/mol. The molecular formula is C16H17F2NOS. The first-order valence-corrected chi connectivity index (χ1v) is 7.93. The lowest BCUT2D eigenvalue weighted by molar-refractivity contribution is -0.0329. The lowest BCUT2D eigenvalue weighted by Crippen LogP contribution is -2.43. The molecule has 1 N–H and O–H groups in total. The Kier molecular flexibility index (Phi) is 4.06. The van der Waals surface area contributed by atoms with E-state index in [1.54, 1.807) is 11.3 Å². The van der Waals surface area contributed by atoms with Crippen molar-refractivity contribution < 1.29 is 13.9 Å². The number of halogens is 2. The third-order valence-electron chi connectivity index (χ3n) is 4.10. The Balaban J connectivity index is 1.72. The maximum Gasteiger partial charge on any atom is 0.132 e. The second-order valence-corrected chi connectivity index (χ2v) is 6.32. The molecule has 1 aromatic carbocycles. The number of thiophene rings is 1. The molecule has 0 aliphatic carbocycles. The molecule has 1 saturated heterocycles. The summed E-state index contributed by atoms with van der Waals surface area (Å²) in [5, 5.41) is 14.8. The first-order valence-electron chi connectivity index (χ1n) is 6.99. The Hall–Kier alpha value is -1.30. The quantitative estimate of drug-likeness (QED) is 0.938. The number of rotatable bonds is 3. The van der Waals surface area contributed by atoms with Gasteiger partial charge in [0, 0.05) is 19.6 Å². The van der Waals surface area contributed by atoms with Gasteiger partial charge in [-0.25, -0.2) is 8.78 Å². The number of benzene rings is 1. The topological polar surface area (TPSA) is 23.5 Å². The van der Waals surface area contributed by atoms with Gasteiger partial charge in [0.2, 0.25) is 0 Å². The van der Waals surface area contributed by atoms with Gasteiger partial charge in [-0.1, -0.05) is 6.07 Å². The van der Waals surface area contributed by atoms with Crippen molar-refractivity contribution in [3.8, 4) is 0 Å². The van der Waals surface area contributed by atoms with Crippen molar-refractivity contribution in [1.29, 1.82) is 0 Å². The Labute approximate surface area is 126 Å². The number of hydrogen-bond acceptors (Lipinski definition) is 3. The van der Waals surface area contributed by atoms with E-state index in [-0.39, 0.29) is 5.56 Å². The van der Waals surface area contributed by atoms with Crippen molar-refractivity contribution in [2.75, 3.05) is 13.1 Å². The molecule has 21 heavy (non-hydrogen) atoms. The summed E-state index contributed by atoms with van der Waals surface area (Å²) in [4.78, 5) is 2.20. The standard InChI is InChI=1S/C16H17F2NOS/c17-13-2-1-3-14(18)15(13)16(20)5-7-19(8-6-16)10-12-4-9-21-11-12/h1-4,9,11,20H,5-8,10H2. The Morgan fingerprint density at radius 2 is 1.81 bits per heavy atom. The molecule has 112 valence electrons. The maximum atomic E-state index is 13.9. The summed E-state index contributed by atoms with van der Waals surface area (Å²) in [6.45, 7) is 2.07. The normalized spacial score (nSPS) is 18.8. The van der Waals surface area contributed by atoms with E-state index in [1.807, 2.05) is 5.38 Å². The van der Waals surface area contributed by atoms with Crippen molar-refractivity contribution >= 4 is 11.3 Å². The van der Waals surface area contributed by atoms with Crippen LogP contribution < -0.4 is 0 Å². The molecule has 1 aliphatic rings. The molecule has 2 nitrogen and oxygen atoms in total. The molecule has 0 bridgehead atoms. The van der Waals surface area contributed by atoms with Gasteiger partial charge in [0.1, 0.15) is 11.6 Å². The molecule has 0 amide bonds. The van der Waals surface area contributed by atoms with Crippen LogP contribution in [0.1, 0.15) is 24.0 Å². The summed E-state index contributed by atoms with van der Waals surface area (Å²) in [5.74, 6) is -1.33. The Bertz CT molecular complexity index is 586. The minimum atomic E-state index is -1.40. The van der Waals surface area contributed by atoms with Crippen LogP contribution in [0.3, 0.4) is 0 Å². The van der Waals surface area contributed by atoms with Gasteiger partial charge in [-0.3, -0.25) is 4.90 Å². The van der Waals surface area contributed by atoms with Crippen LogP contribution in [0.4, 0.5) is 8.78 Å². The summed E-state index contributed by atoms with van der Waals surface area (Å²) in [5.41, 5.74) is -0.344. The van der Waals surface area contributed by atoms with Crippen LogP contribution >= 0.6 is 11.3 Å². The van der Waals surface area contributed by atoms with E-state index >= 15 is 0 Å². The molecule has 2 aromatic rings. The minimum Gasteiger partial charge on any atom is -0.385 e. The summed E-state index contributed by atoms with van der Waals surface area (Å²) >= 11 is 1.65. The van der Waals surface area contributed by atoms with E-state index in [0.29, 0.717) is 25.9 Å². The van der Waals surface area contributed by atoms with Crippen LogP contribution in [-0.4, -0.2) is 23.1 Å². The third kappa shape index (κ3) is 3.00. The smallest absolute Gasteiger partial charge is 0.132 e. The van der Waals surface area contributed by atoms with Crippen molar-refractivity contribution in [1.82, 2.24) is 4.90 Å². The molecule has 1 aliphatic heterocycles. The molecule has 0 atom stereocenters. The molecule has 0 radical (unpaired) electrons. The molecular weight excluding hydrogens is 292 g/mol. The van der Waals surface area contributed by atoms with E-state index < -0.39 is 17.2 Å². The van der Waals surface area contributed by atoms with Crippen LogP contribution in [0.5, 0.6) is 0 Å². The summed E-state index contributed by atoms with van der Waals surface area (Å²) in [7, 11) is 0. The van der Waals surface area contributed by atoms with Crippen LogP contribution in [0.2, 0.25) is 0 Å². The highest BCUT2D eigenvalue weighted by Crippen LogP contribution is 2.36. The van der Waals surface area contributed by atoms with Crippen LogP contribution in [0.15, 0.2) is 35.0 Å². The fraction of sp³-hybridized carbons (Fsp3) is 0.375. The third-order valence-corrected chi connectivity index (χ3v) is 4.83. The SMILES string of the molecule is OC1(c2c(F)cccc2F)CCN(Cc2ccsc2)CC1. The molecule has 0 spiro atoms. The number of nitrogens with zero attached hydrogens (tertiary/aromatic N) is 1. The fourth-order valence-electron chi connectivity index (χ4n) is 2.91. The molecule has 5 heteroatoms. The summed E-state index contributed by atoms with van der Waals surface area (Å²) < 4.78 is 27.7. The van der Waals surface area contributed by atoms with Crippen LogP contribution in [0.25, 0.3) is 0 Å². The first kappa shape index (κ1) is 14.6. The van der Waals surface area contributed by atoms with Gasteiger partial charge >= 0.3 is 0 Å². The zero-order valence-corrected chi connectivity index (χ0v) is 12.4. The van der Waals surface area contributed by atoms with E-state index in [9.17, 15) is 13.9 Å². The number of piperidine rings is 1. The van der Waals surface area contributed by atoms with Gasteiger partial charge in [0.15, 0.2) is 0 Å². The second kappa shape index (κ2) is 5.83. The van der Waals surface area contributed by atoms with Gasteiger partial charge in [0.25, 0.3) is 0 Å². The summed E-state index contributed by atoms with van der Waals surface area (Å²) in [6, 6.07) is 5.80. The van der Waals surface area contributed by atoms with Crippen molar-refractivity contribution in [3.63, 3.8) is 0 Å². The fourth-order valence-corrected chi connectivity index (χ4v) is 3.57. The highest BCUT2D eigenvalue weighted by molar-refractivity contribution is 7.07. The van der Waals surface area contributed by atoms with Crippen molar-refractivity contribution in [3.05, 3.63) is 57.8 Å². The van der Waals surface area contributed by atoms with Gasteiger partial charge < -0.3 is 5.11 Å². The van der Waals surface area contributed by atoms with E-state index in [2.05, 4.69) is 16.3 Å². The lowest BCUT2D eigenvalue weighted by Gasteiger charge is -2.38. The molecule has 1 fully saturated rings. The monoisotopic (exact) mass is 309 g/mol. The first-order chi connectivity index (χ1) is 10.1. The highest BCUT2D eigenvalue weighted by atomic mass is 32.1. The van der Waals surface area contributed by atoms with E-state index in [1.165, 1.54) is 23.8 Å². The molecule has 1 aromatic heterocycles. The van der Waals surface area contributed by atoms with Crippen molar-refractivity contribution in [2.45, 2.75) is 25.0 Å². The van der Waals surface area contributed by atoms with E-state index in [4.69, 9.17) is 0 Å². The van der Waals surface area contributed by atoms with Gasteiger partial charge in [0.05, 0.1) is 11.2 Å². The second-order valence-electron chi connectivity index (χ2n) is 5.54. The number of aliphatic hydroxyl groups is 1. The molecule has 2 heterocycles. The molecule has 0 unspecified atom stereocenters. The van der Waals surface area contributed by atoms with Gasteiger partial charge in [-0.2, -0.15) is 11.3 Å². The van der Waals surface area contributed by atoms with Crippen molar-refractivity contribution in [2.24, 2.45) is 0 Å². The predicted octanol–water partition coefficient (Wildman–Crippen LogP) is 3.51. The van der Waals surface area contributed by atoms with Crippen LogP contribution in [-0.2, 0) is 12.1 Å². The maximum absolute atomic E-state index is 13.9. The predicted molar refractivity (Wildman–Crippen MR) is 79.1 cm³/mol. The van der Waals surface area contributed by atoms with Crippen LogP contribution in [0, 0.1) is 11.6 Å². The highest BCUT2D eigenvalue weighted by Gasteiger charge is 2.38. The molecule has 0 saturated carbocycles.